The van der Waals surface area contributed by atoms with Crippen LogP contribution in [0.3, 0.4) is 0 Å². The molecule has 0 aliphatic heterocycles. The molecule has 0 aromatic heterocycles. The molecule has 0 amide bonds. The number of fused-ring (bicyclic) bond motifs is 3. The zero-order valence-electron chi connectivity index (χ0n) is 23.6. The molecule has 0 atom stereocenters. The van der Waals surface area contributed by atoms with E-state index >= 15 is 0 Å². The molecule has 42 heavy (non-hydrogen) atoms. The van der Waals surface area contributed by atoms with E-state index in [0.717, 1.165) is 16.8 Å². The van der Waals surface area contributed by atoms with E-state index in [4.69, 9.17) is 5.73 Å². The molecule has 1 heteroatoms. The lowest BCUT2D eigenvalue weighted by atomic mass is 9.84. The van der Waals surface area contributed by atoms with Crippen molar-refractivity contribution in [2.75, 3.05) is 0 Å². The lowest BCUT2D eigenvalue weighted by Gasteiger charge is -2.19. The Kier molecular flexibility index (Phi) is 6.62. The standard InChI is InChI=1S/C41H31N/c1-2-3-26-39(42)30-17-11-16-29(27-30)31-22-12-24-33-32(31)23-13-25-34(33)41-37-20-9-7-18-35(37)40(28-14-5-4-6-15-28)36-19-8-10-21-38(36)41/h2-27H,42H2,1H3/b3-2-,39-26-. The summed E-state index contributed by atoms with van der Waals surface area (Å²) in [5.74, 6) is 0. The van der Waals surface area contributed by atoms with Gasteiger partial charge in [-0.1, -0.05) is 146 Å². The van der Waals surface area contributed by atoms with E-state index in [9.17, 15) is 0 Å². The van der Waals surface area contributed by atoms with Gasteiger partial charge in [0.2, 0.25) is 0 Å². The number of nitrogens with two attached hydrogens (primary N) is 1. The summed E-state index contributed by atoms with van der Waals surface area (Å²) < 4.78 is 0. The number of hydrogen-bond acceptors (Lipinski definition) is 1. The highest BCUT2D eigenvalue weighted by molar-refractivity contribution is 6.24. The van der Waals surface area contributed by atoms with Gasteiger partial charge in [0.25, 0.3) is 0 Å². The maximum atomic E-state index is 6.41. The summed E-state index contributed by atoms with van der Waals surface area (Å²) in [7, 11) is 0. The summed E-state index contributed by atoms with van der Waals surface area (Å²) in [6.45, 7) is 2.00. The van der Waals surface area contributed by atoms with E-state index in [0.29, 0.717) is 0 Å². The highest BCUT2D eigenvalue weighted by Crippen LogP contribution is 2.45. The summed E-state index contributed by atoms with van der Waals surface area (Å²) in [4.78, 5) is 0. The van der Waals surface area contributed by atoms with Crippen LogP contribution in [0.5, 0.6) is 0 Å². The third-order valence-corrected chi connectivity index (χ3v) is 8.16. The molecule has 0 saturated heterocycles. The molecule has 0 aliphatic rings. The van der Waals surface area contributed by atoms with Gasteiger partial charge in [0.05, 0.1) is 0 Å². The first-order valence-electron chi connectivity index (χ1n) is 14.4. The molecular formula is C41H31N. The second-order valence-corrected chi connectivity index (χ2v) is 10.6. The Morgan fingerprint density at radius 1 is 0.476 bits per heavy atom. The first kappa shape index (κ1) is 25.6. The van der Waals surface area contributed by atoms with Crippen LogP contribution in [0.15, 0.2) is 158 Å². The topological polar surface area (TPSA) is 26.0 Å². The van der Waals surface area contributed by atoms with Gasteiger partial charge in [0, 0.05) is 5.70 Å². The number of allylic oxidation sites excluding steroid dienone is 3. The molecule has 1 nitrogen and oxygen atoms in total. The quantitative estimate of drug-likeness (QED) is 0.171. The van der Waals surface area contributed by atoms with Crippen molar-refractivity contribution in [3.8, 4) is 33.4 Å². The average molecular weight is 538 g/mol. The van der Waals surface area contributed by atoms with Gasteiger partial charge in [-0.05, 0) is 90.3 Å². The van der Waals surface area contributed by atoms with Crippen molar-refractivity contribution in [2.45, 2.75) is 6.92 Å². The summed E-state index contributed by atoms with van der Waals surface area (Å²) in [5, 5.41) is 7.51. The van der Waals surface area contributed by atoms with Gasteiger partial charge in [-0.15, -0.1) is 0 Å². The molecule has 7 aromatic carbocycles. The van der Waals surface area contributed by atoms with Crippen molar-refractivity contribution in [1.29, 1.82) is 0 Å². The van der Waals surface area contributed by atoms with Gasteiger partial charge in [0.15, 0.2) is 0 Å². The molecule has 0 unspecified atom stereocenters. The van der Waals surface area contributed by atoms with E-state index in [-0.39, 0.29) is 0 Å². The Labute approximate surface area is 246 Å². The van der Waals surface area contributed by atoms with Crippen molar-refractivity contribution in [1.82, 2.24) is 0 Å². The minimum atomic E-state index is 0.757. The second-order valence-electron chi connectivity index (χ2n) is 10.6. The van der Waals surface area contributed by atoms with E-state index < -0.39 is 0 Å². The lowest BCUT2D eigenvalue weighted by Crippen LogP contribution is -1.96. The van der Waals surface area contributed by atoms with Gasteiger partial charge in [-0.2, -0.15) is 0 Å². The van der Waals surface area contributed by atoms with Crippen LogP contribution in [-0.4, -0.2) is 0 Å². The lowest BCUT2D eigenvalue weighted by molar-refractivity contribution is 1.51. The van der Waals surface area contributed by atoms with Gasteiger partial charge in [-0.25, -0.2) is 0 Å². The van der Waals surface area contributed by atoms with Crippen molar-refractivity contribution < 1.29 is 0 Å². The van der Waals surface area contributed by atoms with E-state index in [2.05, 4.69) is 140 Å². The third-order valence-electron chi connectivity index (χ3n) is 8.16. The van der Waals surface area contributed by atoms with Crippen LogP contribution in [0.2, 0.25) is 0 Å². The minimum Gasteiger partial charge on any atom is -0.398 e. The predicted molar refractivity (Wildman–Crippen MR) is 182 cm³/mol. The number of hydrogen-bond donors (Lipinski definition) is 1. The maximum Gasteiger partial charge on any atom is 0.0387 e. The second kappa shape index (κ2) is 10.9. The largest absolute Gasteiger partial charge is 0.398 e. The van der Waals surface area contributed by atoms with E-state index in [1.54, 1.807) is 0 Å². The predicted octanol–water partition coefficient (Wildman–Crippen LogP) is 11.0. The van der Waals surface area contributed by atoms with Crippen LogP contribution in [0.25, 0.3) is 71.4 Å². The van der Waals surface area contributed by atoms with Crippen molar-refractivity contribution in [2.24, 2.45) is 5.73 Å². The van der Waals surface area contributed by atoms with E-state index in [1.165, 1.54) is 60.1 Å². The zero-order chi connectivity index (χ0) is 28.5. The van der Waals surface area contributed by atoms with Gasteiger partial charge in [0.1, 0.15) is 0 Å². The van der Waals surface area contributed by atoms with Crippen molar-refractivity contribution in [3.63, 3.8) is 0 Å². The highest BCUT2D eigenvalue weighted by Gasteiger charge is 2.18. The summed E-state index contributed by atoms with van der Waals surface area (Å²) in [5.41, 5.74) is 15.6. The molecule has 0 heterocycles. The van der Waals surface area contributed by atoms with Crippen LogP contribution >= 0.6 is 0 Å². The summed E-state index contributed by atoms with van der Waals surface area (Å²) in [6.07, 6.45) is 5.92. The molecule has 0 fully saturated rings. The Balaban J connectivity index is 1.51. The van der Waals surface area contributed by atoms with Gasteiger partial charge < -0.3 is 5.73 Å². The number of rotatable bonds is 5. The molecule has 7 rings (SSSR count). The zero-order valence-corrected chi connectivity index (χ0v) is 23.6. The van der Waals surface area contributed by atoms with Crippen molar-refractivity contribution in [3.05, 3.63) is 163 Å². The fraction of sp³-hybridized carbons (Fsp3) is 0.0244. The Morgan fingerprint density at radius 2 is 0.976 bits per heavy atom. The fourth-order valence-corrected chi connectivity index (χ4v) is 6.28. The molecule has 200 valence electrons. The van der Waals surface area contributed by atoms with E-state index in [1.807, 2.05) is 25.2 Å². The third kappa shape index (κ3) is 4.36. The van der Waals surface area contributed by atoms with Crippen LogP contribution in [0.1, 0.15) is 12.5 Å². The maximum absolute atomic E-state index is 6.41. The Bertz CT molecular complexity index is 2090. The average Bonchev–Trinajstić information content (AvgIpc) is 3.06. The van der Waals surface area contributed by atoms with Crippen LogP contribution < -0.4 is 5.73 Å². The van der Waals surface area contributed by atoms with Gasteiger partial charge in [-0.3, -0.25) is 0 Å². The number of benzene rings is 7. The molecular weight excluding hydrogens is 506 g/mol. The summed E-state index contributed by atoms with van der Waals surface area (Å²) >= 11 is 0. The Morgan fingerprint density at radius 3 is 1.62 bits per heavy atom. The molecule has 0 radical (unpaired) electrons. The van der Waals surface area contributed by atoms with Gasteiger partial charge >= 0.3 is 0 Å². The highest BCUT2D eigenvalue weighted by atomic mass is 14.6. The van der Waals surface area contributed by atoms with Crippen LogP contribution in [0.4, 0.5) is 0 Å². The monoisotopic (exact) mass is 537 g/mol. The minimum absolute atomic E-state index is 0.757. The molecule has 0 saturated carbocycles. The van der Waals surface area contributed by atoms with Crippen molar-refractivity contribution >= 4 is 38.0 Å². The molecule has 0 bridgehead atoms. The van der Waals surface area contributed by atoms with Crippen LogP contribution in [0, 0.1) is 0 Å². The summed E-state index contributed by atoms with van der Waals surface area (Å²) in [6, 6.07) is 50.3. The molecule has 2 N–H and O–H groups in total. The fourth-order valence-electron chi connectivity index (χ4n) is 6.28. The SMILES string of the molecule is C/C=C\C=C(/N)c1cccc(-c2cccc3c(-c4c5ccccc5c(-c5ccccc5)c5ccccc45)cccc23)c1. The normalized spacial score (nSPS) is 12.1. The first-order chi connectivity index (χ1) is 20.7. The van der Waals surface area contributed by atoms with Crippen LogP contribution in [-0.2, 0) is 0 Å². The smallest absolute Gasteiger partial charge is 0.0387 e. The molecule has 0 aliphatic carbocycles. The molecule has 7 aromatic rings. The molecule has 0 spiro atoms. The first-order valence-corrected chi connectivity index (χ1v) is 14.4. The Hall–Kier alpha value is -5.40.